The number of hydrogen-bond acceptors (Lipinski definition) is 5. The maximum absolute atomic E-state index is 12.3. The van der Waals surface area contributed by atoms with Crippen LogP contribution in [0.15, 0.2) is 30.3 Å². The number of benzene rings is 1. The number of nitrogens with zero attached hydrogens (tertiary/aromatic N) is 1. The third-order valence-electron chi connectivity index (χ3n) is 3.94. The molecule has 0 spiro atoms. The Labute approximate surface area is 136 Å². The van der Waals surface area contributed by atoms with E-state index in [2.05, 4.69) is 12.6 Å². The maximum atomic E-state index is 12.3. The summed E-state index contributed by atoms with van der Waals surface area (Å²) < 4.78 is 9.10. The van der Waals surface area contributed by atoms with E-state index in [0.29, 0.717) is 13.0 Å². The lowest BCUT2D eigenvalue weighted by molar-refractivity contribution is -0.144. The van der Waals surface area contributed by atoms with E-state index in [1.807, 2.05) is 30.3 Å². The molecule has 120 valence electrons. The second-order valence-corrected chi connectivity index (χ2v) is 6.46. The van der Waals surface area contributed by atoms with Crippen LogP contribution in [-0.4, -0.2) is 41.4 Å². The molecular weight excluding hydrogens is 302 g/mol. The number of esters is 1. The average molecular weight is 323 g/mol. The van der Waals surface area contributed by atoms with Crippen molar-refractivity contribution in [3.63, 3.8) is 0 Å². The molecule has 0 N–H and O–H groups in total. The summed E-state index contributed by atoms with van der Waals surface area (Å²) in [7, 11) is 1.32. The van der Waals surface area contributed by atoms with Crippen molar-refractivity contribution in [1.29, 1.82) is 0 Å². The van der Waals surface area contributed by atoms with Gasteiger partial charge in [0.05, 0.1) is 13.2 Å². The second kappa shape index (κ2) is 7.05. The quantitative estimate of drug-likeness (QED) is 0.684. The minimum atomic E-state index is -1.04. The van der Waals surface area contributed by atoms with E-state index in [-0.39, 0.29) is 12.6 Å². The highest BCUT2D eigenvalue weighted by atomic mass is 32.1. The summed E-state index contributed by atoms with van der Waals surface area (Å²) in [6.07, 6.45) is 1.10. The van der Waals surface area contributed by atoms with E-state index in [4.69, 9.17) is 9.47 Å². The fourth-order valence-corrected chi connectivity index (χ4v) is 3.07. The molecule has 1 aliphatic heterocycles. The van der Waals surface area contributed by atoms with E-state index in [1.165, 1.54) is 7.11 Å². The number of carbonyl (C=O) groups is 2. The van der Waals surface area contributed by atoms with Gasteiger partial charge in [0.15, 0.2) is 0 Å². The zero-order chi connectivity index (χ0) is 16.2. The predicted octanol–water partition coefficient (Wildman–Crippen LogP) is 2.65. The molecule has 2 unspecified atom stereocenters. The summed E-state index contributed by atoms with van der Waals surface area (Å²) in [6, 6.07) is 9.15. The molecule has 6 heteroatoms. The Morgan fingerprint density at radius 1 is 1.36 bits per heavy atom. The largest absolute Gasteiger partial charge is 0.468 e. The van der Waals surface area contributed by atoms with Crippen LogP contribution in [-0.2, 0) is 20.9 Å². The van der Waals surface area contributed by atoms with Gasteiger partial charge in [-0.3, -0.25) is 4.79 Å². The lowest BCUT2D eigenvalue weighted by atomic mass is 9.98. The molecule has 1 aromatic rings. The highest BCUT2D eigenvalue weighted by molar-refractivity contribution is 7.82. The first kappa shape index (κ1) is 16.7. The van der Waals surface area contributed by atoms with E-state index in [1.54, 1.807) is 11.8 Å². The summed E-state index contributed by atoms with van der Waals surface area (Å²) in [4.78, 5) is 25.8. The van der Waals surface area contributed by atoms with Crippen molar-refractivity contribution in [3.05, 3.63) is 35.9 Å². The topological polar surface area (TPSA) is 55.8 Å². The fraction of sp³-hybridized carbons (Fsp3) is 0.500. The average Bonchev–Trinajstić information content (AvgIpc) is 3.03. The van der Waals surface area contributed by atoms with Gasteiger partial charge in [-0.25, -0.2) is 4.79 Å². The molecule has 1 aliphatic rings. The van der Waals surface area contributed by atoms with E-state index >= 15 is 0 Å². The molecule has 22 heavy (non-hydrogen) atoms. The molecule has 1 aromatic carbocycles. The number of hydrogen-bond donors (Lipinski definition) is 1. The summed E-state index contributed by atoms with van der Waals surface area (Å²) in [5.74, 6) is -0.441. The summed E-state index contributed by atoms with van der Waals surface area (Å²) in [5, 5.41) is 0. The number of ether oxygens (including phenoxy) is 2. The Hall–Kier alpha value is -1.69. The van der Waals surface area contributed by atoms with Crippen molar-refractivity contribution in [2.24, 2.45) is 0 Å². The highest BCUT2D eigenvalue weighted by Crippen LogP contribution is 2.33. The molecule has 1 fully saturated rings. The van der Waals surface area contributed by atoms with Crippen molar-refractivity contribution in [3.8, 4) is 0 Å². The van der Waals surface area contributed by atoms with Crippen molar-refractivity contribution in [2.75, 3.05) is 13.7 Å². The number of amides is 1. The van der Waals surface area contributed by atoms with Gasteiger partial charge in [-0.1, -0.05) is 30.3 Å². The summed E-state index contributed by atoms with van der Waals surface area (Å²) in [5.41, 5.74) is 0.924. The van der Waals surface area contributed by atoms with Gasteiger partial charge in [-0.2, -0.15) is 12.6 Å². The number of thiol groups is 1. The summed E-state index contributed by atoms with van der Waals surface area (Å²) in [6.45, 7) is 2.45. The van der Waals surface area contributed by atoms with Gasteiger partial charge < -0.3 is 14.4 Å². The predicted molar refractivity (Wildman–Crippen MR) is 85.8 cm³/mol. The van der Waals surface area contributed by atoms with Crippen molar-refractivity contribution in [2.45, 2.75) is 37.2 Å². The molecule has 1 saturated heterocycles. The van der Waals surface area contributed by atoms with Crippen LogP contribution in [0.1, 0.15) is 25.3 Å². The molecule has 0 saturated carbocycles. The normalized spacial score (nSPS) is 20.3. The molecule has 0 bridgehead atoms. The molecule has 0 radical (unpaired) electrons. The van der Waals surface area contributed by atoms with E-state index < -0.39 is 16.8 Å². The third kappa shape index (κ3) is 3.55. The van der Waals surface area contributed by atoms with Crippen LogP contribution < -0.4 is 0 Å². The van der Waals surface area contributed by atoms with Gasteiger partial charge in [0, 0.05) is 6.54 Å². The standard InChI is InChI=1S/C16H21NO4S/c1-16(22,14(18)20-2)13-9-6-10-17(13)15(19)21-11-12-7-4-3-5-8-12/h3-5,7-8,13,22H,6,9-11H2,1-2H3. The molecule has 5 nitrogen and oxygen atoms in total. The molecule has 1 heterocycles. The van der Waals surface area contributed by atoms with Gasteiger partial charge in [0.1, 0.15) is 11.4 Å². The number of carbonyl (C=O) groups excluding carboxylic acids is 2. The molecule has 0 aliphatic carbocycles. The van der Waals surface area contributed by atoms with E-state index in [9.17, 15) is 9.59 Å². The van der Waals surface area contributed by atoms with Gasteiger partial charge in [0.25, 0.3) is 0 Å². The first-order valence-electron chi connectivity index (χ1n) is 7.25. The van der Waals surface area contributed by atoms with Gasteiger partial charge in [-0.05, 0) is 25.3 Å². The third-order valence-corrected chi connectivity index (χ3v) is 4.42. The number of likely N-dealkylation sites (tertiary alicyclic amines) is 1. The lowest BCUT2D eigenvalue weighted by Gasteiger charge is -2.34. The zero-order valence-electron chi connectivity index (χ0n) is 12.8. The molecule has 2 rings (SSSR count). The van der Waals surface area contributed by atoms with Gasteiger partial charge >= 0.3 is 12.1 Å². The Morgan fingerprint density at radius 3 is 2.68 bits per heavy atom. The highest BCUT2D eigenvalue weighted by Gasteiger charge is 2.46. The monoisotopic (exact) mass is 323 g/mol. The Kier molecular flexibility index (Phi) is 5.34. The number of rotatable bonds is 4. The van der Waals surface area contributed by atoms with Crippen LogP contribution in [0.25, 0.3) is 0 Å². The molecular formula is C16H21NO4S. The van der Waals surface area contributed by atoms with Crippen LogP contribution in [0.4, 0.5) is 4.79 Å². The van der Waals surface area contributed by atoms with Gasteiger partial charge in [-0.15, -0.1) is 0 Å². The lowest BCUT2D eigenvalue weighted by Crippen LogP contribution is -2.51. The molecule has 0 aromatic heterocycles. The first-order valence-corrected chi connectivity index (χ1v) is 7.69. The SMILES string of the molecule is COC(=O)C(C)(S)C1CCCN1C(=O)OCc1ccccc1. The van der Waals surface area contributed by atoms with Crippen LogP contribution in [0, 0.1) is 0 Å². The van der Waals surface area contributed by atoms with Crippen LogP contribution in [0.2, 0.25) is 0 Å². The van der Waals surface area contributed by atoms with Crippen molar-refractivity contribution >= 4 is 24.7 Å². The Bertz CT molecular complexity index is 532. The summed E-state index contributed by atoms with van der Waals surface area (Å²) >= 11 is 4.42. The maximum Gasteiger partial charge on any atom is 0.410 e. The van der Waals surface area contributed by atoms with Crippen LogP contribution >= 0.6 is 12.6 Å². The minimum Gasteiger partial charge on any atom is -0.468 e. The molecule has 1 amide bonds. The van der Waals surface area contributed by atoms with Gasteiger partial charge in [0.2, 0.25) is 0 Å². The fourth-order valence-electron chi connectivity index (χ4n) is 2.71. The smallest absolute Gasteiger partial charge is 0.410 e. The van der Waals surface area contributed by atoms with Crippen molar-refractivity contribution in [1.82, 2.24) is 4.90 Å². The first-order chi connectivity index (χ1) is 10.5. The van der Waals surface area contributed by atoms with Crippen LogP contribution in [0.3, 0.4) is 0 Å². The van der Waals surface area contributed by atoms with E-state index in [0.717, 1.165) is 12.0 Å². The van der Waals surface area contributed by atoms with Crippen molar-refractivity contribution < 1.29 is 19.1 Å². The second-order valence-electron chi connectivity index (χ2n) is 5.53. The minimum absolute atomic E-state index is 0.213. The Balaban J connectivity index is 2.01. The molecule has 2 atom stereocenters. The Morgan fingerprint density at radius 2 is 2.05 bits per heavy atom. The zero-order valence-corrected chi connectivity index (χ0v) is 13.7. The van der Waals surface area contributed by atoms with Crippen LogP contribution in [0.5, 0.6) is 0 Å². The number of methoxy groups -OCH3 is 1.